The Kier molecular flexibility index (Phi) is 6.57. The molecule has 0 bridgehead atoms. The molecule has 0 spiro atoms. The predicted molar refractivity (Wildman–Crippen MR) is 122 cm³/mol. The van der Waals surface area contributed by atoms with Crippen molar-refractivity contribution >= 4 is 22.5 Å². The number of rotatable bonds is 9. The maximum Gasteiger partial charge on any atom is 0.166 e. The number of benzene rings is 3. The quantitative estimate of drug-likeness (QED) is 0.339. The van der Waals surface area contributed by atoms with Gasteiger partial charge in [-0.3, -0.25) is 0 Å². The van der Waals surface area contributed by atoms with Gasteiger partial charge < -0.3 is 19.8 Å². The zero-order chi connectivity index (χ0) is 20.8. The first-order chi connectivity index (χ1) is 14.7. The average Bonchev–Trinajstić information content (AvgIpc) is 3.18. The second-order valence-electron chi connectivity index (χ2n) is 7.15. The number of halogens is 1. The van der Waals surface area contributed by atoms with E-state index in [-0.39, 0.29) is 0 Å². The Balaban J connectivity index is 1.39. The molecule has 0 atom stereocenters. The van der Waals surface area contributed by atoms with Crippen LogP contribution in [0.1, 0.15) is 16.7 Å². The monoisotopic (exact) mass is 420 g/mol. The van der Waals surface area contributed by atoms with Gasteiger partial charge in [0, 0.05) is 34.2 Å². The van der Waals surface area contributed by atoms with Crippen LogP contribution in [0.3, 0.4) is 0 Å². The lowest BCUT2D eigenvalue weighted by atomic mass is 10.1. The summed E-state index contributed by atoms with van der Waals surface area (Å²) in [7, 11) is 1.66. The van der Waals surface area contributed by atoms with E-state index in [2.05, 4.69) is 46.8 Å². The SMILES string of the molecule is COc1cccc(CNCCc2c[nH]c3ccccc23)c1OCc1cccc(Cl)c1. The first-order valence-corrected chi connectivity index (χ1v) is 10.4. The molecule has 0 amide bonds. The van der Waals surface area contributed by atoms with Gasteiger partial charge >= 0.3 is 0 Å². The van der Waals surface area contributed by atoms with E-state index in [1.165, 1.54) is 16.5 Å². The topological polar surface area (TPSA) is 46.3 Å². The number of para-hydroxylation sites is 2. The van der Waals surface area contributed by atoms with Crippen LogP contribution < -0.4 is 14.8 Å². The molecule has 1 heterocycles. The molecule has 0 fully saturated rings. The summed E-state index contributed by atoms with van der Waals surface area (Å²) in [6.07, 6.45) is 3.05. The van der Waals surface area contributed by atoms with Gasteiger partial charge in [0.1, 0.15) is 6.61 Å². The lowest BCUT2D eigenvalue weighted by Crippen LogP contribution is -2.17. The van der Waals surface area contributed by atoms with Crippen LogP contribution >= 0.6 is 11.6 Å². The smallest absolute Gasteiger partial charge is 0.166 e. The van der Waals surface area contributed by atoms with Gasteiger partial charge in [0.05, 0.1) is 7.11 Å². The van der Waals surface area contributed by atoms with Crippen molar-refractivity contribution in [2.24, 2.45) is 0 Å². The average molecular weight is 421 g/mol. The van der Waals surface area contributed by atoms with E-state index in [1.54, 1.807) is 7.11 Å². The lowest BCUT2D eigenvalue weighted by Gasteiger charge is -2.16. The van der Waals surface area contributed by atoms with E-state index in [0.29, 0.717) is 18.2 Å². The first-order valence-electron chi connectivity index (χ1n) is 10.0. The molecule has 0 unspecified atom stereocenters. The van der Waals surface area contributed by atoms with Gasteiger partial charge in [-0.2, -0.15) is 0 Å². The third kappa shape index (κ3) is 4.78. The van der Waals surface area contributed by atoms with E-state index in [9.17, 15) is 0 Å². The molecule has 3 aromatic carbocycles. The minimum absolute atomic E-state index is 0.434. The van der Waals surface area contributed by atoms with Crippen molar-refractivity contribution in [2.45, 2.75) is 19.6 Å². The van der Waals surface area contributed by atoms with Crippen LogP contribution in [0.25, 0.3) is 10.9 Å². The number of aromatic amines is 1. The summed E-state index contributed by atoms with van der Waals surface area (Å²) in [6.45, 7) is 2.00. The standard InChI is InChI=1S/C25H25ClN2O2/c1-29-24-11-5-7-20(25(24)30-17-18-6-4-8-21(26)14-18)15-27-13-12-19-16-28-23-10-3-2-9-22(19)23/h2-11,14,16,27-28H,12-13,15,17H2,1H3. The largest absolute Gasteiger partial charge is 0.493 e. The molecule has 2 N–H and O–H groups in total. The van der Waals surface area contributed by atoms with Crippen molar-refractivity contribution in [3.05, 3.63) is 94.6 Å². The van der Waals surface area contributed by atoms with Gasteiger partial charge in [-0.05, 0) is 48.4 Å². The third-order valence-electron chi connectivity index (χ3n) is 5.11. The summed E-state index contributed by atoms with van der Waals surface area (Å²) in [5, 5.41) is 5.52. The van der Waals surface area contributed by atoms with Crippen LogP contribution in [0.2, 0.25) is 5.02 Å². The predicted octanol–water partition coefficient (Wildman–Crippen LogP) is 5.74. The second kappa shape index (κ2) is 9.70. The van der Waals surface area contributed by atoms with Gasteiger partial charge in [0.25, 0.3) is 0 Å². The zero-order valence-corrected chi connectivity index (χ0v) is 17.7. The molecular formula is C25H25ClN2O2. The minimum Gasteiger partial charge on any atom is -0.493 e. The highest BCUT2D eigenvalue weighted by molar-refractivity contribution is 6.30. The highest BCUT2D eigenvalue weighted by Gasteiger charge is 2.11. The third-order valence-corrected chi connectivity index (χ3v) is 5.35. The normalized spacial score (nSPS) is 11.0. The van der Waals surface area contributed by atoms with Crippen molar-refractivity contribution < 1.29 is 9.47 Å². The summed E-state index contributed by atoms with van der Waals surface area (Å²) < 4.78 is 11.7. The highest BCUT2D eigenvalue weighted by atomic mass is 35.5. The van der Waals surface area contributed by atoms with E-state index in [1.807, 2.05) is 36.4 Å². The summed E-state index contributed by atoms with van der Waals surface area (Å²) in [4.78, 5) is 3.33. The maximum absolute atomic E-state index is 6.13. The van der Waals surface area contributed by atoms with Gasteiger partial charge in [-0.1, -0.05) is 54.1 Å². The van der Waals surface area contributed by atoms with Crippen LogP contribution in [-0.4, -0.2) is 18.6 Å². The number of hydrogen-bond acceptors (Lipinski definition) is 3. The summed E-state index contributed by atoms with van der Waals surface area (Å²) in [5.41, 5.74) is 4.58. The highest BCUT2D eigenvalue weighted by Crippen LogP contribution is 2.32. The van der Waals surface area contributed by atoms with Crippen molar-refractivity contribution in [1.29, 1.82) is 0 Å². The van der Waals surface area contributed by atoms with Crippen LogP contribution in [0.4, 0.5) is 0 Å². The molecule has 30 heavy (non-hydrogen) atoms. The Labute approximate surface area is 181 Å². The first kappa shape index (κ1) is 20.3. The van der Waals surface area contributed by atoms with Gasteiger partial charge in [0.2, 0.25) is 0 Å². The number of nitrogens with one attached hydrogen (secondary N) is 2. The summed E-state index contributed by atoms with van der Waals surface area (Å²) in [5.74, 6) is 1.49. The van der Waals surface area contributed by atoms with Gasteiger partial charge in [0.15, 0.2) is 11.5 Å². The number of ether oxygens (including phenoxy) is 2. The molecule has 0 aliphatic carbocycles. The Hall–Kier alpha value is -2.95. The fourth-order valence-corrected chi connectivity index (χ4v) is 3.80. The van der Waals surface area contributed by atoms with E-state index < -0.39 is 0 Å². The van der Waals surface area contributed by atoms with E-state index in [4.69, 9.17) is 21.1 Å². The molecule has 4 aromatic rings. The van der Waals surface area contributed by atoms with Crippen LogP contribution in [0.5, 0.6) is 11.5 Å². The Bertz CT molecular complexity index is 1120. The lowest BCUT2D eigenvalue weighted by molar-refractivity contribution is 0.280. The Morgan fingerprint density at radius 1 is 0.967 bits per heavy atom. The van der Waals surface area contributed by atoms with Crippen molar-refractivity contribution in [3.63, 3.8) is 0 Å². The Morgan fingerprint density at radius 2 is 1.83 bits per heavy atom. The summed E-state index contributed by atoms with van der Waals surface area (Å²) >= 11 is 6.09. The fraction of sp³-hybridized carbons (Fsp3) is 0.200. The number of H-pyrrole nitrogens is 1. The molecule has 154 valence electrons. The molecule has 0 radical (unpaired) electrons. The molecule has 0 aliphatic rings. The molecule has 4 rings (SSSR count). The van der Waals surface area contributed by atoms with Crippen molar-refractivity contribution in [1.82, 2.24) is 10.3 Å². The fourth-order valence-electron chi connectivity index (χ4n) is 3.59. The molecule has 4 nitrogen and oxygen atoms in total. The number of aromatic nitrogens is 1. The number of fused-ring (bicyclic) bond motifs is 1. The van der Waals surface area contributed by atoms with Gasteiger partial charge in [-0.25, -0.2) is 0 Å². The molecular weight excluding hydrogens is 396 g/mol. The van der Waals surface area contributed by atoms with Crippen LogP contribution in [-0.2, 0) is 19.6 Å². The minimum atomic E-state index is 0.434. The summed E-state index contributed by atoms with van der Waals surface area (Å²) in [6, 6.07) is 22.1. The van der Waals surface area contributed by atoms with E-state index >= 15 is 0 Å². The second-order valence-corrected chi connectivity index (χ2v) is 7.59. The van der Waals surface area contributed by atoms with Gasteiger partial charge in [-0.15, -0.1) is 0 Å². The van der Waals surface area contributed by atoms with Crippen molar-refractivity contribution in [3.8, 4) is 11.5 Å². The number of methoxy groups -OCH3 is 1. The molecule has 0 aliphatic heterocycles. The molecule has 0 saturated heterocycles. The van der Waals surface area contributed by atoms with Crippen LogP contribution in [0.15, 0.2) is 72.9 Å². The van der Waals surface area contributed by atoms with E-state index in [0.717, 1.165) is 35.6 Å². The zero-order valence-electron chi connectivity index (χ0n) is 17.0. The number of hydrogen-bond donors (Lipinski definition) is 2. The molecule has 0 saturated carbocycles. The molecule has 1 aromatic heterocycles. The maximum atomic E-state index is 6.13. The van der Waals surface area contributed by atoms with Crippen molar-refractivity contribution in [2.75, 3.05) is 13.7 Å². The Morgan fingerprint density at radius 3 is 2.70 bits per heavy atom. The van der Waals surface area contributed by atoms with Crippen LogP contribution in [0, 0.1) is 0 Å². The molecule has 5 heteroatoms.